The van der Waals surface area contributed by atoms with Crippen LogP contribution in [0.3, 0.4) is 0 Å². The van der Waals surface area contributed by atoms with E-state index in [1.165, 1.54) is 89.0 Å². The van der Waals surface area contributed by atoms with Crippen molar-refractivity contribution in [1.29, 1.82) is 0 Å². The van der Waals surface area contributed by atoms with Gasteiger partial charge in [-0.1, -0.05) is 234 Å². The Labute approximate surface area is 471 Å². The summed E-state index contributed by atoms with van der Waals surface area (Å²) in [5.74, 6) is 0. The smallest absolute Gasteiger partial charge is 0.0465 e. The molecule has 0 bridgehead atoms. The van der Waals surface area contributed by atoms with Crippen molar-refractivity contribution in [2.75, 3.05) is 9.80 Å². The normalized spacial score (nSPS) is 13.2. The van der Waals surface area contributed by atoms with E-state index in [2.05, 4.69) is 329 Å². The van der Waals surface area contributed by atoms with Gasteiger partial charge < -0.3 is 9.80 Å². The Morgan fingerprint density at radius 1 is 0.188 bits per heavy atom. The first-order chi connectivity index (χ1) is 39.2. The molecule has 14 rings (SSSR count). The molecule has 0 amide bonds. The van der Waals surface area contributed by atoms with Crippen molar-refractivity contribution < 1.29 is 0 Å². The molecule has 0 saturated carbocycles. The Kier molecular flexibility index (Phi) is 11.9. The summed E-state index contributed by atoms with van der Waals surface area (Å²) in [5.41, 5.74) is 29.1. The quantitative estimate of drug-likeness (QED) is 0.127. The van der Waals surface area contributed by atoms with Gasteiger partial charge in [-0.15, -0.1) is 0 Å². The first kappa shape index (κ1) is 48.6. The van der Waals surface area contributed by atoms with Crippen molar-refractivity contribution in [3.05, 3.63) is 313 Å². The van der Waals surface area contributed by atoms with Crippen LogP contribution in [0, 0.1) is 0 Å². The van der Waals surface area contributed by atoms with Crippen LogP contribution < -0.4 is 9.80 Å². The first-order valence-electron chi connectivity index (χ1n) is 28.0. The lowest BCUT2D eigenvalue weighted by Crippen LogP contribution is -2.18. The predicted octanol–water partition coefficient (Wildman–Crippen LogP) is 21.6. The summed E-state index contributed by atoms with van der Waals surface area (Å²) in [4.78, 5) is 4.83. The third kappa shape index (κ3) is 8.52. The fraction of sp³-hybridized carbons (Fsp3) is 0.0769. The maximum Gasteiger partial charge on any atom is 0.0465 e. The van der Waals surface area contributed by atoms with Gasteiger partial charge in [0.1, 0.15) is 0 Å². The number of benzene rings is 12. The Balaban J connectivity index is 0.808. The molecule has 0 N–H and O–H groups in total. The predicted molar refractivity (Wildman–Crippen MR) is 338 cm³/mol. The van der Waals surface area contributed by atoms with E-state index in [1.807, 2.05) is 0 Å². The van der Waals surface area contributed by atoms with Gasteiger partial charge in [-0.05, 0) is 185 Å². The monoisotopic (exact) mass is 1020 g/mol. The summed E-state index contributed by atoms with van der Waals surface area (Å²) in [5, 5.41) is 0. The highest BCUT2D eigenvalue weighted by molar-refractivity contribution is 5.90. The minimum Gasteiger partial charge on any atom is -0.311 e. The fourth-order valence-electron chi connectivity index (χ4n) is 12.8. The molecule has 0 fully saturated rings. The molecule has 0 heterocycles. The summed E-state index contributed by atoms with van der Waals surface area (Å²) in [6.07, 6.45) is 0. The van der Waals surface area contributed by atoms with Crippen molar-refractivity contribution in [3.8, 4) is 77.9 Å². The van der Waals surface area contributed by atoms with Crippen LogP contribution in [-0.4, -0.2) is 0 Å². The first-order valence-corrected chi connectivity index (χ1v) is 28.0. The van der Waals surface area contributed by atoms with E-state index < -0.39 is 0 Å². The van der Waals surface area contributed by atoms with Crippen molar-refractivity contribution in [2.45, 2.75) is 38.5 Å². The lowest BCUT2D eigenvalue weighted by molar-refractivity contribution is 0.660. The highest BCUT2D eigenvalue weighted by Crippen LogP contribution is 2.53. The third-order valence-electron chi connectivity index (χ3n) is 17.1. The van der Waals surface area contributed by atoms with Gasteiger partial charge in [0.25, 0.3) is 0 Å². The zero-order chi connectivity index (χ0) is 54.0. The van der Waals surface area contributed by atoms with Crippen LogP contribution in [0.4, 0.5) is 34.1 Å². The van der Waals surface area contributed by atoms with E-state index in [4.69, 9.17) is 0 Å². The van der Waals surface area contributed by atoms with Crippen molar-refractivity contribution in [1.82, 2.24) is 0 Å². The molecule has 0 saturated heterocycles. The van der Waals surface area contributed by atoms with E-state index in [-0.39, 0.29) is 10.8 Å². The average molecular weight is 1030 g/mol. The molecular weight excluding hydrogens is 965 g/mol. The Morgan fingerprint density at radius 3 is 0.787 bits per heavy atom. The summed E-state index contributed by atoms with van der Waals surface area (Å²) in [6, 6.07) is 107. The average Bonchev–Trinajstić information content (AvgIpc) is 4.01. The summed E-state index contributed by atoms with van der Waals surface area (Å²) < 4.78 is 0. The number of hydrogen-bond acceptors (Lipinski definition) is 2. The topological polar surface area (TPSA) is 6.48 Å². The third-order valence-corrected chi connectivity index (χ3v) is 17.1. The van der Waals surface area contributed by atoms with E-state index in [1.54, 1.807) is 0 Å². The summed E-state index contributed by atoms with van der Waals surface area (Å²) >= 11 is 0. The second-order valence-electron chi connectivity index (χ2n) is 22.6. The molecular formula is C78H60N2. The molecule has 2 aliphatic carbocycles. The summed E-state index contributed by atoms with van der Waals surface area (Å²) in [6.45, 7) is 9.47. The molecule has 80 heavy (non-hydrogen) atoms. The van der Waals surface area contributed by atoms with E-state index >= 15 is 0 Å². The molecule has 12 aromatic rings. The van der Waals surface area contributed by atoms with Gasteiger partial charge in [0.05, 0.1) is 0 Å². The number of nitrogens with zero attached hydrogens (tertiary/aromatic N) is 2. The van der Waals surface area contributed by atoms with Crippen LogP contribution in [-0.2, 0) is 10.8 Å². The Morgan fingerprint density at radius 2 is 0.438 bits per heavy atom. The van der Waals surface area contributed by atoms with Crippen molar-refractivity contribution >= 4 is 34.1 Å². The van der Waals surface area contributed by atoms with Crippen molar-refractivity contribution in [3.63, 3.8) is 0 Å². The zero-order valence-corrected chi connectivity index (χ0v) is 45.6. The lowest BCUT2D eigenvalue weighted by atomic mass is 9.82. The molecule has 382 valence electrons. The second kappa shape index (κ2) is 19.6. The highest BCUT2D eigenvalue weighted by atomic mass is 15.1. The van der Waals surface area contributed by atoms with Gasteiger partial charge in [0.2, 0.25) is 0 Å². The largest absolute Gasteiger partial charge is 0.311 e. The van der Waals surface area contributed by atoms with Crippen LogP contribution >= 0.6 is 0 Å². The highest BCUT2D eigenvalue weighted by Gasteiger charge is 2.38. The van der Waals surface area contributed by atoms with Gasteiger partial charge in [0.15, 0.2) is 0 Å². The molecule has 2 heteroatoms. The minimum absolute atomic E-state index is 0.127. The minimum atomic E-state index is -0.127. The van der Waals surface area contributed by atoms with Gasteiger partial charge in [-0.3, -0.25) is 0 Å². The van der Waals surface area contributed by atoms with Crippen LogP contribution in [0.25, 0.3) is 77.9 Å². The fourth-order valence-corrected chi connectivity index (χ4v) is 12.8. The molecule has 0 atom stereocenters. The van der Waals surface area contributed by atoms with Crippen LogP contribution in [0.5, 0.6) is 0 Å². The number of rotatable bonds is 11. The van der Waals surface area contributed by atoms with Gasteiger partial charge in [-0.25, -0.2) is 0 Å². The Bertz CT molecular complexity index is 4010. The molecule has 0 unspecified atom stereocenters. The summed E-state index contributed by atoms with van der Waals surface area (Å²) in [7, 11) is 0. The zero-order valence-electron chi connectivity index (χ0n) is 45.6. The number of fused-ring (bicyclic) bond motifs is 6. The second-order valence-corrected chi connectivity index (χ2v) is 22.6. The Hall–Kier alpha value is -9.76. The van der Waals surface area contributed by atoms with Crippen LogP contribution in [0.2, 0.25) is 0 Å². The molecule has 12 aromatic carbocycles. The lowest BCUT2D eigenvalue weighted by Gasteiger charge is -2.30. The van der Waals surface area contributed by atoms with Gasteiger partial charge in [0, 0.05) is 45.0 Å². The van der Waals surface area contributed by atoms with Crippen LogP contribution in [0.1, 0.15) is 49.9 Å². The molecule has 0 aromatic heterocycles. The SMILES string of the molecule is CC1(C)c2ccccc2-c2ccc(N(c3ccc(-c4ccc(N(c5ccc(-c6cccc(-c7ccccc7)c6)cc5)c5ccc(-c6cccc(-c7ccccc7)c6)cc5)cc4)cc3)c3ccc4c(c3)C(C)(C)c3ccccc3-4)cc21. The maximum absolute atomic E-state index is 2.46. The molecule has 2 aliphatic rings. The molecule has 0 aliphatic heterocycles. The maximum atomic E-state index is 2.46. The standard InChI is InChI=1S/C78H60N2/c1-77(2)73-27-13-11-25-69(73)71-47-45-67(51-75(71)77)80(68-46-48-72-70-26-12-14-28-74(70)78(3,4)76(72)52-68)66-39-31-56(32-40-66)55-29-37-63(38-30-55)79(64-41-33-57(34-42-64)61-23-15-21-59(49-61)53-17-7-5-8-18-53)65-43-35-58(36-44-65)62-24-16-22-60(50-62)54-19-9-6-10-20-54/h5-52H,1-4H3. The number of anilines is 6. The number of hydrogen-bond donors (Lipinski definition) is 0. The van der Waals surface area contributed by atoms with E-state index in [0.717, 1.165) is 45.3 Å². The van der Waals surface area contributed by atoms with E-state index in [0.29, 0.717) is 0 Å². The molecule has 0 radical (unpaired) electrons. The van der Waals surface area contributed by atoms with E-state index in [9.17, 15) is 0 Å². The molecule has 0 spiro atoms. The van der Waals surface area contributed by atoms with Crippen LogP contribution in [0.15, 0.2) is 291 Å². The van der Waals surface area contributed by atoms with Gasteiger partial charge in [-0.2, -0.15) is 0 Å². The van der Waals surface area contributed by atoms with Crippen molar-refractivity contribution in [2.24, 2.45) is 0 Å². The molecule has 2 nitrogen and oxygen atoms in total. The van der Waals surface area contributed by atoms with Gasteiger partial charge >= 0.3 is 0 Å².